The van der Waals surface area contributed by atoms with Crippen LogP contribution in [0.1, 0.15) is 25.3 Å². The molecule has 0 aromatic heterocycles. The highest BCUT2D eigenvalue weighted by Crippen LogP contribution is 2.37. The van der Waals surface area contributed by atoms with Crippen LogP contribution in [-0.2, 0) is 16.1 Å². The van der Waals surface area contributed by atoms with Crippen LogP contribution in [0.3, 0.4) is 0 Å². The first-order chi connectivity index (χ1) is 7.22. The molecule has 0 saturated heterocycles. The zero-order valence-corrected chi connectivity index (χ0v) is 9.40. The molecule has 0 radical (unpaired) electrons. The van der Waals surface area contributed by atoms with Gasteiger partial charge in [-0.3, -0.25) is 0 Å². The number of methoxy groups -OCH3 is 1. The zero-order chi connectivity index (χ0) is 10.7. The molecule has 15 heavy (non-hydrogen) atoms. The Morgan fingerprint density at radius 1 is 1.27 bits per heavy atom. The molecule has 1 aliphatic rings. The average Bonchev–Trinajstić information content (AvgIpc) is 2.24. The predicted octanol–water partition coefficient (Wildman–Crippen LogP) is 2.77. The van der Waals surface area contributed by atoms with Crippen molar-refractivity contribution >= 4 is 0 Å². The topological polar surface area (TPSA) is 18.5 Å². The van der Waals surface area contributed by atoms with Crippen molar-refractivity contribution in [1.82, 2.24) is 0 Å². The Morgan fingerprint density at radius 3 is 2.53 bits per heavy atom. The van der Waals surface area contributed by atoms with E-state index in [9.17, 15) is 0 Å². The lowest BCUT2D eigenvalue weighted by atomic mass is 9.79. The van der Waals surface area contributed by atoms with E-state index in [2.05, 4.69) is 19.1 Å². The molecule has 1 fully saturated rings. The Labute approximate surface area is 91.2 Å². The number of rotatable bonds is 4. The van der Waals surface area contributed by atoms with Gasteiger partial charge in [-0.1, -0.05) is 30.3 Å². The molecule has 0 amide bonds. The number of benzene rings is 1. The van der Waals surface area contributed by atoms with Gasteiger partial charge in [0.15, 0.2) is 0 Å². The highest BCUT2D eigenvalue weighted by molar-refractivity contribution is 5.13. The molecule has 2 heteroatoms. The fourth-order valence-corrected chi connectivity index (χ4v) is 1.98. The maximum atomic E-state index is 5.78. The summed E-state index contributed by atoms with van der Waals surface area (Å²) in [6, 6.07) is 10.3. The van der Waals surface area contributed by atoms with E-state index in [4.69, 9.17) is 9.47 Å². The Morgan fingerprint density at radius 2 is 1.93 bits per heavy atom. The molecule has 0 bridgehead atoms. The van der Waals surface area contributed by atoms with Crippen LogP contribution in [0.2, 0.25) is 0 Å². The van der Waals surface area contributed by atoms with E-state index in [1.807, 2.05) is 18.2 Å². The standard InChI is InChI=1S/C13H18O2/c1-13(14-2)8-12(9-13)15-10-11-6-4-3-5-7-11/h3-7,12H,8-10H2,1-2H3/t12-,13+. The van der Waals surface area contributed by atoms with Gasteiger partial charge < -0.3 is 9.47 Å². The van der Waals surface area contributed by atoms with E-state index in [-0.39, 0.29) is 5.60 Å². The van der Waals surface area contributed by atoms with E-state index >= 15 is 0 Å². The molecule has 2 nitrogen and oxygen atoms in total. The molecular formula is C13H18O2. The van der Waals surface area contributed by atoms with Crippen molar-refractivity contribution in [2.45, 2.75) is 38.1 Å². The molecule has 0 unspecified atom stereocenters. The first-order valence-corrected chi connectivity index (χ1v) is 5.42. The lowest BCUT2D eigenvalue weighted by molar-refractivity contribution is -0.151. The summed E-state index contributed by atoms with van der Waals surface area (Å²) in [5, 5.41) is 0. The number of hydrogen-bond donors (Lipinski definition) is 0. The van der Waals surface area contributed by atoms with Gasteiger partial charge in [0.2, 0.25) is 0 Å². The van der Waals surface area contributed by atoms with E-state index in [0.717, 1.165) is 12.8 Å². The highest BCUT2D eigenvalue weighted by atomic mass is 16.5. The average molecular weight is 206 g/mol. The fourth-order valence-electron chi connectivity index (χ4n) is 1.98. The third kappa shape index (κ3) is 2.58. The van der Waals surface area contributed by atoms with Crippen LogP contribution in [0.5, 0.6) is 0 Å². The zero-order valence-electron chi connectivity index (χ0n) is 9.40. The van der Waals surface area contributed by atoms with E-state index in [1.165, 1.54) is 5.56 Å². The molecule has 0 aliphatic heterocycles. The molecule has 0 N–H and O–H groups in total. The third-order valence-corrected chi connectivity index (χ3v) is 3.14. The van der Waals surface area contributed by atoms with E-state index < -0.39 is 0 Å². The van der Waals surface area contributed by atoms with Crippen molar-refractivity contribution < 1.29 is 9.47 Å². The van der Waals surface area contributed by atoms with Crippen LogP contribution in [-0.4, -0.2) is 18.8 Å². The normalized spacial score (nSPS) is 29.9. The molecule has 1 aromatic rings. The van der Waals surface area contributed by atoms with Gasteiger partial charge in [0, 0.05) is 20.0 Å². The lowest BCUT2D eigenvalue weighted by Gasteiger charge is -2.43. The first-order valence-electron chi connectivity index (χ1n) is 5.42. The Bertz CT molecular complexity index is 302. The second-order valence-corrected chi connectivity index (χ2v) is 4.48. The number of ether oxygens (including phenoxy) is 2. The largest absolute Gasteiger partial charge is 0.378 e. The smallest absolute Gasteiger partial charge is 0.0720 e. The SMILES string of the molecule is CO[C@]1(C)C[C@H](OCc2ccccc2)C1. The van der Waals surface area contributed by atoms with Gasteiger partial charge in [-0.25, -0.2) is 0 Å². The third-order valence-electron chi connectivity index (χ3n) is 3.14. The summed E-state index contributed by atoms with van der Waals surface area (Å²) in [6.07, 6.45) is 2.39. The lowest BCUT2D eigenvalue weighted by Crippen LogP contribution is -2.47. The van der Waals surface area contributed by atoms with Crippen LogP contribution < -0.4 is 0 Å². The molecular weight excluding hydrogens is 188 g/mol. The Kier molecular flexibility index (Phi) is 3.08. The molecule has 82 valence electrons. The van der Waals surface area contributed by atoms with Gasteiger partial charge in [-0.15, -0.1) is 0 Å². The minimum atomic E-state index is 0.0569. The van der Waals surface area contributed by atoms with Gasteiger partial charge in [-0.05, 0) is 12.5 Å². The van der Waals surface area contributed by atoms with E-state index in [0.29, 0.717) is 12.7 Å². The summed E-state index contributed by atoms with van der Waals surface area (Å²) in [5.74, 6) is 0. The molecule has 2 rings (SSSR count). The van der Waals surface area contributed by atoms with Gasteiger partial charge in [-0.2, -0.15) is 0 Å². The second kappa shape index (κ2) is 4.33. The van der Waals surface area contributed by atoms with Crippen molar-refractivity contribution in [3.63, 3.8) is 0 Å². The maximum absolute atomic E-state index is 5.78. The van der Waals surface area contributed by atoms with Crippen molar-refractivity contribution in [3.8, 4) is 0 Å². The van der Waals surface area contributed by atoms with Crippen LogP contribution in [0, 0.1) is 0 Å². The van der Waals surface area contributed by atoms with Crippen molar-refractivity contribution in [1.29, 1.82) is 0 Å². The van der Waals surface area contributed by atoms with Crippen LogP contribution in [0.15, 0.2) is 30.3 Å². The summed E-state index contributed by atoms with van der Waals surface area (Å²) in [4.78, 5) is 0. The summed E-state index contributed by atoms with van der Waals surface area (Å²) in [7, 11) is 1.77. The van der Waals surface area contributed by atoms with Crippen molar-refractivity contribution in [2.24, 2.45) is 0 Å². The second-order valence-electron chi connectivity index (χ2n) is 4.48. The van der Waals surface area contributed by atoms with Crippen molar-refractivity contribution in [3.05, 3.63) is 35.9 Å². The van der Waals surface area contributed by atoms with E-state index in [1.54, 1.807) is 7.11 Å². The summed E-state index contributed by atoms with van der Waals surface area (Å²) in [5.41, 5.74) is 1.30. The summed E-state index contributed by atoms with van der Waals surface area (Å²) in [6.45, 7) is 2.85. The quantitative estimate of drug-likeness (QED) is 0.754. The van der Waals surface area contributed by atoms with Crippen molar-refractivity contribution in [2.75, 3.05) is 7.11 Å². The van der Waals surface area contributed by atoms with Crippen LogP contribution in [0.4, 0.5) is 0 Å². The summed E-state index contributed by atoms with van der Waals surface area (Å²) >= 11 is 0. The minimum absolute atomic E-state index is 0.0569. The van der Waals surface area contributed by atoms with Gasteiger partial charge in [0.05, 0.1) is 18.3 Å². The molecule has 1 saturated carbocycles. The van der Waals surface area contributed by atoms with Gasteiger partial charge in [0.25, 0.3) is 0 Å². The predicted molar refractivity (Wildman–Crippen MR) is 59.7 cm³/mol. The minimum Gasteiger partial charge on any atom is -0.378 e. The summed E-state index contributed by atoms with van der Waals surface area (Å²) < 4.78 is 11.2. The molecule has 1 aromatic carbocycles. The molecule has 0 heterocycles. The Balaban J connectivity index is 1.73. The van der Waals surface area contributed by atoms with Crippen LogP contribution in [0.25, 0.3) is 0 Å². The van der Waals surface area contributed by atoms with Gasteiger partial charge in [0.1, 0.15) is 0 Å². The number of hydrogen-bond acceptors (Lipinski definition) is 2. The fraction of sp³-hybridized carbons (Fsp3) is 0.538. The van der Waals surface area contributed by atoms with Gasteiger partial charge >= 0.3 is 0 Å². The monoisotopic (exact) mass is 206 g/mol. The molecule has 1 aliphatic carbocycles. The Hall–Kier alpha value is -0.860. The maximum Gasteiger partial charge on any atom is 0.0720 e. The highest BCUT2D eigenvalue weighted by Gasteiger charge is 2.41. The van der Waals surface area contributed by atoms with Crippen LogP contribution >= 0.6 is 0 Å². The first kappa shape index (κ1) is 10.7. The molecule has 0 spiro atoms. The molecule has 0 atom stereocenters.